The van der Waals surface area contributed by atoms with Gasteiger partial charge < -0.3 is 9.64 Å². The van der Waals surface area contributed by atoms with E-state index >= 15 is 0 Å². The average Bonchev–Trinajstić information content (AvgIpc) is 3.25. The van der Waals surface area contributed by atoms with E-state index in [0.717, 1.165) is 21.6 Å². The van der Waals surface area contributed by atoms with E-state index in [0.29, 0.717) is 34.8 Å². The van der Waals surface area contributed by atoms with Crippen LogP contribution in [0.3, 0.4) is 0 Å². The molecule has 0 fully saturated rings. The molecule has 0 spiro atoms. The minimum Gasteiger partial charge on any atom is -0.451 e. The molecule has 0 aliphatic carbocycles. The van der Waals surface area contributed by atoms with E-state index in [2.05, 4.69) is 32.8 Å². The Balaban J connectivity index is 1.75. The predicted molar refractivity (Wildman–Crippen MR) is 125 cm³/mol. The summed E-state index contributed by atoms with van der Waals surface area (Å²) in [4.78, 5) is 28.3. The molecular weight excluding hydrogens is 434 g/mol. The van der Waals surface area contributed by atoms with Gasteiger partial charge in [-0.2, -0.15) is 5.10 Å². The first-order valence-electron chi connectivity index (χ1n) is 10.4. The number of hydrogen-bond acceptors (Lipinski definition) is 5. The smallest absolute Gasteiger partial charge is 0.348 e. The number of benzene rings is 1. The summed E-state index contributed by atoms with van der Waals surface area (Å²) in [6.07, 6.45) is 0. The maximum Gasteiger partial charge on any atom is 0.348 e. The zero-order valence-corrected chi connectivity index (χ0v) is 20.1. The number of nitrogens with zero attached hydrogens (tertiary/aromatic N) is 3. The third kappa shape index (κ3) is 5.66. The van der Waals surface area contributed by atoms with E-state index in [1.807, 2.05) is 25.1 Å². The molecule has 3 rings (SSSR count). The Morgan fingerprint density at radius 1 is 1.16 bits per heavy atom. The van der Waals surface area contributed by atoms with Gasteiger partial charge in [0, 0.05) is 23.5 Å². The Labute approximate surface area is 191 Å². The van der Waals surface area contributed by atoms with Gasteiger partial charge in [0.2, 0.25) is 0 Å². The molecule has 1 amide bonds. The summed E-state index contributed by atoms with van der Waals surface area (Å²) in [6, 6.07) is 9.16. The van der Waals surface area contributed by atoms with E-state index in [1.54, 1.807) is 21.7 Å². The third-order valence-electron chi connectivity index (χ3n) is 4.65. The lowest BCUT2D eigenvalue weighted by molar-refractivity contribution is -0.135. The van der Waals surface area contributed by atoms with Crippen LogP contribution < -0.4 is 0 Å². The monoisotopic (exact) mass is 461 g/mol. The average molecular weight is 462 g/mol. The van der Waals surface area contributed by atoms with Crippen LogP contribution in [0, 0.1) is 18.8 Å². The van der Waals surface area contributed by atoms with Crippen molar-refractivity contribution in [3.63, 3.8) is 0 Å². The molecule has 2 heterocycles. The molecular formula is C23H28ClN3O3S. The summed E-state index contributed by atoms with van der Waals surface area (Å²) in [6.45, 7) is 11.2. The van der Waals surface area contributed by atoms with E-state index < -0.39 is 5.97 Å². The van der Waals surface area contributed by atoms with E-state index in [1.165, 1.54) is 11.3 Å². The number of esters is 1. The number of halogens is 1. The first kappa shape index (κ1) is 23.3. The van der Waals surface area contributed by atoms with Crippen LogP contribution in [0.1, 0.15) is 43.1 Å². The van der Waals surface area contributed by atoms with Crippen LogP contribution in [0.2, 0.25) is 5.02 Å². The van der Waals surface area contributed by atoms with Gasteiger partial charge in [-0.3, -0.25) is 4.79 Å². The number of amides is 1. The number of carbonyl (C=O) groups excluding carboxylic acids is 2. The summed E-state index contributed by atoms with van der Waals surface area (Å²) in [5.41, 5.74) is 1.63. The number of carbonyl (C=O) groups is 2. The highest BCUT2D eigenvalue weighted by Crippen LogP contribution is 2.31. The van der Waals surface area contributed by atoms with Crippen molar-refractivity contribution in [1.82, 2.24) is 14.7 Å². The molecule has 0 saturated heterocycles. The summed E-state index contributed by atoms with van der Waals surface area (Å²) in [5.74, 6) is 0.0237. The molecule has 0 atom stereocenters. The number of ether oxygens (including phenoxy) is 1. The lowest BCUT2D eigenvalue weighted by Crippen LogP contribution is -2.39. The fourth-order valence-electron chi connectivity index (χ4n) is 3.38. The molecule has 0 N–H and O–H groups in total. The van der Waals surface area contributed by atoms with Gasteiger partial charge in [-0.1, -0.05) is 45.4 Å². The normalized spacial score (nSPS) is 11.5. The molecule has 3 aromatic rings. The number of rotatable bonds is 8. The topological polar surface area (TPSA) is 64.4 Å². The van der Waals surface area contributed by atoms with Crippen molar-refractivity contribution in [2.45, 2.75) is 34.6 Å². The minimum absolute atomic E-state index is 0.168. The molecule has 166 valence electrons. The van der Waals surface area contributed by atoms with E-state index in [-0.39, 0.29) is 12.5 Å². The highest BCUT2D eigenvalue weighted by molar-refractivity contribution is 7.20. The summed E-state index contributed by atoms with van der Waals surface area (Å²) in [5, 5.41) is 6.06. The standard InChI is InChI=1S/C23H28ClN3O3S/c1-14(2)11-26(12-15(3)4)21(28)13-30-23(29)20-10-19-16(5)25-27(22(19)31-20)18-8-6-7-17(24)9-18/h6-10,14-15H,11-13H2,1-5H3. The van der Waals surface area contributed by atoms with Crippen molar-refractivity contribution in [3.05, 3.63) is 45.9 Å². The van der Waals surface area contributed by atoms with Crippen LogP contribution in [0.15, 0.2) is 30.3 Å². The van der Waals surface area contributed by atoms with Crippen LogP contribution in [-0.4, -0.2) is 46.3 Å². The van der Waals surface area contributed by atoms with Crippen molar-refractivity contribution < 1.29 is 14.3 Å². The number of aryl methyl sites for hydroxylation is 1. The lowest BCUT2D eigenvalue weighted by atomic mass is 10.1. The molecule has 0 aliphatic rings. The maximum absolute atomic E-state index is 12.7. The summed E-state index contributed by atoms with van der Waals surface area (Å²) >= 11 is 7.41. The zero-order valence-electron chi connectivity index (χ0n) is 18.5. The van der Waals surface area contributed by atoms with Crippen molar-refractivity contribution in [2.24, 2.45) is 11.8 Å². The number of hydrogen-bond donors (Lipinski definition) is 0. The largest absolute Gasteiger partial charge is 0.451 e. The first-order chi connectivity index (χ1) is 14.7. The van der Waals surface area contributed by atoms with Crippen molar-refractivity contribution >= 4 is 45.0 Å². The van der Waals surface area contributed by atoms with Gasteiger partial charge in [0.1, 0.15) is 9.71 Å². The quantitative estimate of drug-likeness (QED) is 0.424. The van der Waals surface area contributed by atoms with E-state index in [9.17, 15) is 9.59 Å². The Bertz CT molecular complexity index is 1080. The highest BCUT2D eigenvalue weighted by Gasteiger charge is 2.21. The van der Waals surface area contributed by atoms with Crippen LogP contribution in [0.4, 0.5) is 0 Å². The molecule has 8 heteroatoms. The van der Waals surface area contributed by atoms with Crippen molar-refractivity contribution in [3.8, 4) is 5.69 Å². The van der Waals surface area contributed by atoms with Crippen molar-refractivity contribution in [2.75, 3.05) is 19.7 Å². The fourth-order valence-corrected chi connectivity index (χ4v) is 4.64. The third-order valence-corrected chi connectivity index (χ3v) is 5.97. The number of aromatic nitrogens is 2. The Kier molecular flexibility index (Phi) is 7.38. The van der Waals surface area contributed by atoms with E-state index in [4.69, 9.17) is 16.3 Å². The first-order valence-corrected chi connectivity index (χ1v) is 11.5. The molecule has 6 nitrogen and oxygen atoms in total. The SMILES string of the molecule is Cc1nn(-c2cccc(Cl)c2)c2sc(C(=O)OCC(=O)N(CC(C)C)CC(C)C)cc12. The Morgan fingerprint density at radius 3 is 2.45 bits per heavy atom. The van der Waals surface area contributed by atoms with Gasteiger partial charge in [0.05, 0.1) is 11.4 Å². The Morgan fingerprint density at radius 2 is 1.84 bits per heavy atom. The lowest BCUT2D eigenvalue weighted by Gasteiger charge is -2.26. The zero-order chi connectivity index (χ0) is 22.7. The minimum atomic E-state index is -0.499. The summed E-state index contributed by atoms with van der Waals surface area (Å²) in [7, 11) is 0. The number of thiophene rings is 1. The van der Waals surface area contributed by atoms with Gasteiger partial charge in [-0.15, -0.1) is 11.3 Å². The fraction of sp³-hybridized carbons (Fsp3) is 0.435. The predicted octanol–water partition coefficient (Wildman–Crippen LogP) is 5.35. The van der Waals surface area contributed by atoms with Gasteiger partial charge in [0.15, 0.2) is 6.61 Å². The van der Waals surface area contributed by atoms with Crippen LogP contribution in [-0.2, 0) is 9.53 Å². The summed E-state index contributed by atoms with van der Waals surface area (Å²) < 4.78 is 7.14. The molecule has 0 radical (unpaired) electrons. The molecule has 0 unspecified atom stereocenters. The Hall–Kier alpha value is -2.38. The molecule has 0 aliphatic heterocycles. The second-order valence-corrected chi connectivity index (χ2v) is 9.94. The molecule has 31 heavy (non-hydrogen) atoms. The van der Waals surface area contributed by atoms with Crippen LogP contribution >= 0.6 is 22.9 Å². The van der Waals surface area contributed by atoms with Gasteiger partial charge >= 0.3 is 5.97 Å². The second-order valence-electron chi connectivity index (χ2n) is 8.47. The molecule has 0 bridgehead atoms. The van der Waals surface area contributed by atoms with Gasteiger partial charge in [0.25, 0.3) is 5.91 Å². The number of fused-ring (bicyclic) bond motifs is 1. The van der Waals surface area contributed by atoms with Gasteiger partial charge in [-0.25, -0.2) is 9.48 Å². The molecule has 0 saturated carbocycles. The van der Waals surface area contributed by atoms with Crippen molar-refractivity contribution in [1.29, 1.82) is 0 Å². The van der Waals surface area contributed by atoms with Crippen LogP contribution in [0.5, 0.6) is 0 Å². The maximum atomic E-state index is 12.7. The molecule has 2 aromatic heterocycles. The van der Waals surface area contributed by atoms with Crippen LogP contribution in [0.25, 0.3) is 15.9 Å². The van der Waals surface area contributed by atoms with Gasteiger partial charge in [-0.05, 0) is 43.0 Å². The molecule has 1 aromatic carbocycles. The highest BCUT2D eigenvalue weighted by atomic mass is 35.5. The second kappa shape index (κ2) is 9.83.